The summed E-state index contributed by atoms with van der Waals surface area (Å²) in [6.07, 6.45) is 6.93. The third kappa shape index (κ3) is 1.98. The molecule has 0 aromatic rings. The first kappa shape index (κ1) is 9.98. The van der Waals surface area contributed by atoms with Gasteiger partial charge in [-0.3, -0.25) is 0 Å². The van der Waals surface area contributed by atoms with Crippen molar-refractivity contribution < 1.29 is 4.79 Å². The maximum atomic E-state index is 10.8. The average molecular weight is 177 g/mol. The first-order valence-electron chi connectivity index (χ1n) is 4.65. The molecule has 2 heteroatoms. The lowest BCUT2D eigenvalue weighted by Crippen LogP contribution is -2.30. The summed E-state index contributed by atoms with van der Waals surface area (Å²) in [5, 5.41) is 8.96. The zero-order valence-corrected chi connectivity index (χ0v) is 8.16. The number of hydrogen-bond acceptors (Lipinski definition) is 2. The van der Waals surface area contributed by atoms with Crippen LogP contribution < -0.4 is 0 Å². The topological polar surface area (TPSA) is 40.9 Å². The molecule has 0 amide bonds. The van der Waals surface area contributed by atoms with Gasteiger partial charge in [0.15, 0.2) is 0 Å². The minimum Gasteiger partial charge on any atom is -0.303 e. The Morgan fingerprint density at radius 1 is 1.62 bits per heavy atom. The predicted molar refractivity (Wildman–Crippen MR) is 50.8 cm³/mol. The van der Waals surface area contributed by atoms with Crippen LogP contribution in [0.25, 0.3) is 0 Å². The van der Waals surface area contributed by atoms with Crippen LogP contribution in [-0.4, -0.2) is 6.29 Å². The summed E-state index contributed by atoms with van der Waals surface area (Å²) >= 11 is 0. The Balaban J connectivity index is 2.88. The summed E-state index contributed by atoms with van der Waals surface area (Å²) in [6, 6.07) is 2.27. The van der Waals surface area contributed by atoms with Crippen LogP contribution in [0, 0.1) is 28.6 Å². The fraction of sp³-hybridized carbons (Fsp3) is 0.636. The van der Waals surface area contributed by atoms with Gasteiger partial charge in [-0.2, -0.15) is 5.26 Å². The summed E-state index contributed by atoms with van der Waals surface area (Å²) < 4.78 is 0. The summed E-state index contributed by atoms with van der Waals surface area (Å²) in [5.41, 5.74) is -0.428. The molecule has 0 bridgehead atoms. The van der Waals surface area contributed by atoms with Gasteiger partial charge in [-0.05, 0) is 26.7 Å². The van der Waals surface area contributed by atoms with Gasteiger partial charge in [-0.25, -0.2) is 0 Å². The number of rotatable bonds is 2. The van der Waals surface area contributed by atoms with Crippen molar-refractivity contribution in [1.29, 1.82) is 5.26 Å². The zero-order chi connectivity index (χ0) is 9.90. The van der Waals surface area contributed by atoms with Gasteiger partial charge in [0.05, 0.1) is 11.5 Å². The Morgan fingerprint density at radius 3 is 2.85 bits per heavy atom. The van der Waals surface area contributed by atoms with E-state index in [4.69, 9.17) is 5.26 Å². The van der Waals surface area contributed by atoms with Crippen molar-refractivity contribution in [2.24, 2.45) is 17.3 Å². The largest absolute Gasteiger partial charge is 0.303 e. The Kier molecular flexibility index (Phi) is 2.87. The molecule has 0 N–H and O–H groups in total. The molecule has 2 atom stereocenters. The van der Waals surface area contributed by atoms with E-state index in [0.717, 1.165) is 19.1 Å². The van der Waals surface area contributed by atoms with E-state index < -0.39 is 5.41 Å². The van der Waals surface area contributed by atoms with E-state index in [1.54, 1.807) is 0 Å². The van der Waals surface area contributed by atoms with Gasteiger partial charge >= 0.3 is 0 Å². The van der Waals surface area contributed by atoms with Crippen molar-refractivity contribution in [2.75, 3.05) is 0 Å². The molecule has 0 fully saturated rings. The van der Waals surface area contributed by atoms with Gasteiger partial charge in [-0.15, -0.1) is 0 Å². The van der Waals surface area contributed by atoms with Crippen LogP contribution in [0.3, 0.4) is 0 Å². The molecule has 70 valence electrons. The highest BCUT2D eigenvalue weighted by Crippen LogP contribution is 2.37. The number of carbonyl (C=O) groups excluding carboxylic acids is 1. The van der Waals surface area contributed by atoms with Crippen molar-refractivity contribution in [3.05, 3.63) is 12.2 Å². The van der Waals surface area contributed by atoms with Gasteiger partial charge in [0, 0.05) is 11.8 Å². The van der Waals surface area contributed by atoms with E-state index in [0.29, 0.717) is 0 Å². The van der Waals surface area contributed by atoms with E-state index in [1.165, 1.54) is 0 Å². The van der Waals surface area contributed by atoms with Crippen LogP contribution in [0.5, 0.6) is 0 Å². The van der Waals surface area contributed by atoms with E-state index in [1.807, 2.05) is 19.9 Å². The lowest BCUT2D eigenvalue weighted by molar-refractivity contribution is -0.113. The number of carbonyl (C=O) groups is 1. The highest BCUT2D eigenvalue weighted by Gasteiger charge is 2.34. The number of aldehydes is 1. The van der Waals surface area contributed by atoms with Gasteiger partial charge in [0.2, 0.25) is 0 Å². The van der Waals surface area contributed by atoms with Crippen molar-refractivity contribution in [1.82, 2.24) is 0 Å². The summed E-state index contributed by atoms with van der Waals surface area (Å²) in [5.74, 6) is 0.114. The van der Waals surface area contributed by atoms with Gasteiger partial charge in [0.25, 0.3) is 0 Å². The maximum absolute atomic E-state index is 10.8. The molecule has 0 heterocycles. The van der Waals surface area contributed by atoms with Crippen LogP contribution in [0.15, 0.2) is 12.2 Å². The molecular formula is C11H15NO. The van der Waals surface area contributed by atoms with Crippen molar-refractivity contribution in [2.45, 2.75) is 26.7 Å². The second-order valence-electron chi connectivity index (χ2n) is 4.16. The zero-order valence-electron chi connectivity index (χ0n) is 8.16. The molecule has 2 unspecified atom stereocenters. The van der Waals surface area contributed by atoms with Crippen molar-refractivity contribution in [3.8, 4) is 6.07 Å². The number of nitriles is 1. The van der Waals surface area contributed by atoms with E-state index in [9.17, 15) is 4.79 Å². The quantitative estimate of drug-likeness (QED) is 0.479. The molecule has 1 aliphatic rings. The summed E-state index contributed by atoms with van der Waals surface area (Å²) in [4.78, 5) is 10.8. The lowest BCUT2D eigenvalue weighted by atomic mass is 9.70. The highest BCUT2D eigenvalue weighted by atomic mass is 16.1. The molecule has 2 nitrogen and oxygen atoms in total. The molecular weight excluding hydrogens is 162 g/mol. The van der Waals surface area contributed by atoms with Crippen LogP contribution >= 0.6 is 0 Å². The average Bonchev–Trinajstić information content (AvgIpc) is 2.18. The Hall–Kier alpha value is -1.10. The van der Waals surface area contributed by atoms with E-state index in [2.05, 4.69) is 12.1 Å². The fourth-order valence-electron chi connectivity index (χ4n) is 1.86. The number of nitrogens with zero attached hydrogens (tertiary/aromatic N) is 1. The SMILES string of the molecule is CC(C)(C#N)C1C=CCCC1C=O. The summed E-state index contributed by atoms with van der Waals surface area (Å²) in [6.45, 7) is 3.79. The molecule has 0 saturated heterocycles. The van der Waals surface area contributed by atoms with Gasteiger partial charge < -0.3 is 4.79 Å². The molecule has 0 spiro atoms. The molecule has 0 aliphatic heterocycles. The van der Waals surface area contributed by atoms with Crippen LogP contribution in [-0.2, 0) is 4.79 Å². The second-order valence-corrected chi connectivity index (χ2v) is 4.16. The normalized spacial score (nSPS) is 28.1. The second kappa shape index (κ2) is 3.74. The molecule has 0 saturated carbocycles. The van der Waals surface area contributed by atoms with Crippen LogP contribution in [0.1, 0.15) is 26.7 Å². The smallest absolute Gasteiger partial charge is 0.123 e. The highest BCUT2D eigenvalue weighted by molar-refractivity contribution is 5.55. The van der Waals surface area contributed by atoms with Crippen LogP contribution in [0.2, 0.25) is 0 Å². The Labute approximate surface area is 79.2 Å². The minimum atomic E-state index is -0.428. The van der Waals surface area contributed by atoms with Crippen LogP contribution in [0.4, 0.5) is 0 Å². The fourth-order valence-corrected chi connectivity index (χ4v) is 1.86. The molecule has 1 rings (SSSR count). The molecule has 13 heavy (non-hydrogen) atoms. The van der Waals surface area contributed by atoms with Crippen molar-refractivity contribution in [3.63, 3.8) is 0 Å². The van der Waals surface area contributed by atoms with Gasteiger partial charge in [0.1, 0.15) is 6.29 Å². The minimum absolute atomic E-state index is 0.0275. The first-order valence-corrected chi connectivity index (χ1v) is 4.65. The van der Waals surface area contributed by atoms with Gasteiger partial charge in [-0.1, -0.05) is 12.2 Å². The number of allylic oxidation sites excluding steroid dienone is 2. The Morgan fingerprint density at radius 2 is 2.31 bits per heavy atom. The predicted octanol–water partition coefficient (Wildman–Crippen LogP) is 2.32. The number of hydrogen-bond donors (Lipinski definition) is 0. The molecule has 0 aromatic carbocycles. The van der Waals surface area contributed by atoms with Crippen molar-refractivity contribution >= 4 is 6.29 Å². The third-order valence-corrected chi connectivity index (χ3v) is 2.77. The first-order chi connectivity index (χ1) is 6.11. The third-order valence-electron chi connectivity index (χ3n) is 2.77. The monoisotopic (exact) mass is 177 g/mol. The summed E-state index contributed by atoms with van der Waals surface area (Å²) in [7, 11) is 0. The van der Waals surface area contributed by atoms with E-state index >= 15 is 0 Å². The lowest BCUT2D eigenvalue weighted by Gasteiger charge is -2.32. The molecule has 0 aromatic heterocycles. The Bertz CT molecular complexity index is 260. The molecule has 0 radical (unpaired) electrons. The maximum Gasteiger partial charge on any atom is 0.123 e. The standard InChI is InChI=1S/C11H15NO/c1-11(2,8-12)10-6-4-3-5-9(10)7-13/h4,6-7,9-10H,3,5H2,1-2H3. The van der Waals surface area contributed by atoms with E-state index in [-0.39, 0.29) is 11.8 Å². The molecule has 1 aliphatic carbocycles.